The van der Waals surface area contributed by atoms with Gasteiger partial charge in [-0.05, 0) is 44.3 Å². The third-order valence-corrected chi connectivity index (χ3v) is 6.10. The van der Waals surface area contributed by atoms with Crippen LogP contribution < -0.4 is 14.8 Å². The molecule has 3 rings (SSSR count). The number of aromatic nitrogens is 2. The van der Waals surface area contributed by atoms with E-state index >= 15 is 0 Å². The van der Waals surface area contributed by atoms with Gasteiger partial charge in [0.05, 0.1) is 12.8 Å². The summed E-state index contributed by atoms with van der Waals surface area (Å²) in [6, 6.07) is 9.16. The topological polar surface area (TPSA) is 76.6 Å². The number of benzene rings is 1. The average Bonchev–Trinajstić information content (AvgIpc) is 3.19. The minimum atomic E-state index is -0.204. The zero-order valence-electron chi connectivity index (χ0n) is 18.3. The Labute approximate surface area is 187 Å². The van der Waals surface area contributed by atoms with Gasteiger partial charge in [-0.2, -0.15) is 0 Å². The van der Waals surface area contributed by atoms with Crippen molar-refractivity contribution in [1.29, 1.82) is 0 Å². The number of aryl methyl sites for hydroxylation is 1. The van der Waals surface area contributed by atoms with Crippen molar-refractivity contribution in [2.75, 3.05) is 38.7 Å². The summed E-state index contributed by atoms with van der Waals surface area (Å²) >= 11 is 1.35. The zero-order valence-corrected chi connectivity index (χ0v) is 19.2. The fourth-order valence-corrected chi connectivity index (χ4v) is 4.05. The van der Waals surface area contributed by atoms with E-state index in [1.165, 1.54) is 11.3 Å². The second-order valence-electron chi connectivity index (χ2n) is 6.87. The summed E-state index contributed by atoms with van der Waals surface area (Å²) in [7, 11) is 1.60. The number of hydrogen-bond donors (Lipinski definition) is 1. The van der Waals surface area contributed by atoms with Crippen molar-refractivity contribution in [2.24, 2.45) is 0 Å². The Morgan fingerprint density at radius 2 is 2.00 bits per heavy atom. The summed E-state index contributed by atoms with van der Waals surface area (Å²) < 4.78 is 11.3. The molecule has 0 spiro atoms. The molecule has 1 amide bonds. The first-order chi connectivity index (χ1) is 15.0. The van der Waals surface area contributed by atoms with Gasteiger partial charge in [-0.15, -0.1) is 11.3 Å². The fourth-order valence-electron chi connectivity index (χ4n) is 3.10. The van der Waals surface area contributed by atoms with E-state index in [1.807, 2.05) is 19.1 Å². The Kier molecular flexibility index (Phi) is 7.97. The number of ether oxygens (including phenoxy) is 2. The molecule has 2 heterocycles. The van der Waals surface area contributed by atoms with E-state index < -0.39 is 0 Å². The van der Waals surface area contributed by atoms with E-state index in [2.05, 4.69) is 34.0 Å². The molecule has 2 aromatic heterocycles. The number of carbonyl (C=O) groups excluding carboxylic acids is 1. The van der Waals surface area contributed by atoms with E-state index in [9.17, 15) is 4.79 Å². The highest BCUT2D eigenvalue weighted by Gasteiger charge is 2.17. The molecule has 0 aliphatic rings. The van der Waals surface area contributed by atoms with Crippen LogP contribution in [-0.4, -0.2) is 54.1 Å². The van der Waals surface area contributed by atoms with Gasteiger partial charge in [-0.1, -0.05) is 13.8 Å². The average molecular weight is 441 g/mol. The molecule has 3 aromatic rings. The summed E-state index contributed by atoms with van der Waals surface area (Å²) in [5.41, 5.74) is 2.22. The second-order valence-corrected chi connectivity index (χ2v) is 7.87. The van der Waals surface area contributed by atoms with E-state index in [-0.39, 0.29) is 5.91 Å². The molecule has 31 heavy (non-hydrogen) atoms. The van der Waals surface area contributed by atoms with Crippen LogP contribution in [0.4, 0.5) is 5.69 Å². The number of rotatable bonds is 10. The number of pyridine rings is 1. The molecule has 1 aromatic carbocycles. The maximum Gasteiger partial charge on any atom is 0.267 e. The second kappa shape index (κ2) is 10.9. The van der Waals surface area contributed by atoms with Gasteiger partial charge in [0.2, 0.25) is 0 Å². The molecule has 0 fully saturated rings. The van der Waals surface area contributed by atoms with E-state index in [0.29, 0.717) is 34.4 Å². The number of nitrogens with one attached hydrogen (secondary N) is 1. The van der Waals surface area contributed by atoms with E-state index in [4.69, 9.17) is 9.47 Å². The molecule has 0 unspecified atom stereocenters. The van der Waals surface area contributed by atoms with Crippen molar-refractivity contribution >= 4 is 22.9 Å². The first-order valence-electron chi connectivity index (χ1n) is 10.3. The SMILES string of the molecule is CCN(CC)CCOc1cc(NC(=O)c2sc(-c3cccnc3)nc2C)ccc1OC. The molecule has 0 aliphatic carbocycles. The smallest absolute Gasteiger partial charge is 0.267 e. The van der Waals surface area contributed by atoms with Crippen LogP contribution in [0.2, 0.25) is 0 Å². The van der Waals surface area contributed by atoms with Crippen LogP contribution in [0.1, 0.15) is 29.2 Å². The highest BCUT2D eigenvalue weighted by molar-refractivity contribution is 7.17. The molecule has 7 nitrogen and oxygen atoms in total. The van der Waals surface area contributed by atoms with Crippen LogP contribution in [0.3, 0.4) is 0 Å². The van der Waals surface area contributed by atoms with Crippen molar-refractivity contribution in [3.05, 3.63) is 53.3 Å². The number of methoxy groups -OCH3 is 1. The van der Waals surface area contributed by atoms with Crippen LogP contribution in [0.5, 0.6) is 11.5 Å². The van der Waals surface area contributed by atoms with Gasteiger partial charge in [-0.25, -0.2) is 4.98 Å². The Morgan fingerprint density at radius 1 is 1.19 bits per heavy atom. The molecule has 0 atom stereocenters. The molecular formula is C23H28N4O3S. The third kappa shape index (κ3) is 5.80. The van der Waals surface area contributed by atoms with Crippen molar-refractivity contribution in [1.82, 2.24) is 14.9 Å². The number of likely N-dealkylation sites (N-methyl/N-ethyl adjacent to an activating group) is 1. The molecule has 0 radical (unpaired) electrons. The number of nitrogens with zero attached hydrogens (tertiary/aromatic N) is 3. The fraction of sp³-hybridized carbons (Fsp3) is 0.348. The number of carbonyl (C=O) groups is 1. The van der Waals surface area contributed by atoms with Crippen LogP contribution in [0.15, 0.2) is 42.7 Å². The molecule has 0 saturated heterocycles. The van der Waals surface area contributed by atoms with Crippen molar-refractivity contribution < 1.29 is 14.3 Å². The quantitative estimate of drug-likeness (QED) is 0.500. The van der Waals surface area contributed by atoms with Gasteiger partial charge >= 0.3 is 0 Å². The highest BCUT2D eigenvalue weighted by atomic mass is 32.1. The van der Waals surface area contributed by atoms with Gasteiger partial charge in [0, 0.05) is 36.3 Å². The lowest BCUT2D eigenvalue weighted by atomic mass is 10.2. The number of hydrogen-bond acceptors (Lipinski definition) is 7. The van der Waals surface area contributed by atoms with Crippen LogP contribution in [-0.2, 0) is 0 Å². The Balaban J connectivity index is 1.72. The molecule has 0 aliphatic heterocycles. The van der Waals surface area contributed by atoms with Gasteiger partial charge < -0.3 is 19.7 Å². The van der Waals surface area contributed by atoms with Crippen LogP contribution in [0.25, 0.3) is 10.6 Å². The summed E-state index contributed by atoms with van der Waals surface area (Å²) in [6.07, 6.45) is 3.45. The standard InChI is InChI=1S/C23H28N4O3S/c1-5-27(6-2)12-13-30-20-14-18(9-10-19(20)29-4)26-22(28)21-16(3)25-23(31-21)17-8-7-11-24-15-17/h7-11,14-15H,5-6,12-13H2,1-4H3,(H,26,28). The van der Waals surface area contributed by atoms with Gasteiger partial charge in [-0.3, -0.25) is 9.78 Å². The van der Waals surface area contributed by atoms with Crippen molar-refractivity contribution in [3.63, 3.8) is 0 Å². The maximum absolute atomic E-state index is 12.9. The number of thiazole rings is 1. The van der Waals surface area contributed by atoms with Gasteiger partial charge in [0.1, 0.15) is 16.5 Å². The summed E-state index contributed by atoms with van der Waals surface area (Å²) in [5, 5.41) is 3.72. The van der Waals surface area contributed by atoms with Crippen LogP contribution in [0, 0.1) is 6.92 Å². The minimum Gasteiger partial charge on any atom is -0.493 e. The van der Waals surface area contributed by atoms with Gasteiger partial charge in [0.25, 0.3) is 5.91 Å². The predicted octanol–water partition coefficient (Wildman–Crippen LogP) is 4.50. The maximum atomic E-state index is 12.9. The Bertz CT molecular complexity index is 1000. The number of amides is 1. The molecule has 164 valence electrons. The summed E-state index contributed by atoms with van der Waals surface area (Å²) in [6.45, 7) is 9.40. The molecule has 1 N–H and O–H groups in total. The zero-order chi connectivity index (χ0) is 22.2. The Morgan fingerprint density at radius 3 is 2.68 bits per heavy atom. The Hall–Kier alpha value is -2.97. The molecule has 8 heteroatoms. The summed E-state index contributed by atoms with van der Waals surface area (Å²) in [5.74, 6) is 1.03. The third-order valence-electron chi connectivity index (χ3n) is 4.89. The lowest BCUT2D eigenvalue weighted by Crippen LogP contribution is -2.28. The first kappa shape index (κ1) is 22.7. The molecular weight excluding hydrogens is 412 g/mol. The minimum absolute atomic E-state index is 0.204. The highest BCUT2D eigenvalue weighted by Crippen LogP contribution is 2.32. The monoisotopic (exact) mass is 440 g/mol. The van der Waals surface area contributed by atoms with E-state index in [0.717, 1.165) is 30.2 Å². The lowest BCUT2D eigenvalue weighted by Gasteiger charge is -2.19. The largest absolute Gasteiger partial charge is 0.493 e. The van der Waals surface area contributed by atoms with Crippen molar-refractivity contribution in [2.45, 2.75) is 20.8 Å². The molecule has 0 bridgehead atoms. The van der Waals surface area contributed by atoms with E-state index in [1.54, 1.807) is 37.7 Å². The lowest BCUT2D eigenvalue weighted by molar-refractivity contribution is 0.103. The van der Waals surface area contributed by atoms with Crippen molar-refractivity contribution in [3.8, 4) is 22.1 Å². The van der Waals surface area contributed by atoms with Crippen LogP contribution >= 0.6 is 11.3 Å². The summed E-state index contributed by atoms with van der Waals surface area (Å²) in [4.78, 5) is 24.4. The molecule has 0 saturated carbocycles. The predicted molar refractivity (Wildman–Crippen MR) is 124 cm³/mol. The number of anilines is 1. The van der Waals surface area contributed by atoms with Gasteiger partial charge in [0.15, 0.2) is 11.5 Å². The first-order valence-corrected chi connectivity index (χ1v) is 11.1. The normalized spacial score (nSPS) is 10.9.